The summed E-state index contributed by atoms with van der Waals surface area (Å²) < 4.78 is 0. The molecule has 2 fully saturated rings. The van der Waals surface area contributed by atoms with Crippen molar-refractivity contribution in [3.63, 3.8) is 0 Å². The van der Waals surface area contributed by atoms with Crippen molar-refractivity contribution in [2.24, 2.45) is 5.73 Å². The average molecular weight is 329 g/mol. The largest absolute Gasteiger partial charge is 0.328 e. The lowest BCUT2D eigenvalue weighted by Gasteiger charge is -2.30. The zero-order valence-electron chi connectivity index (χ0n) is 16.1. The summed E-state index contributed by atoms with van der Waals surface area (Å²) in [6, 6.07) is 7.67. The molecule has 2 aliphatic carbocycles. The number of nitrogens with two attached hydrogens (primary N) is 1. The summed E-state index contributed by atoms with van der Waals surface area (Å²) in [7, 11) is 6.22. The van der Waals surface area contributed by atoms with Crippen LogP contribution in [0.15, 0.2) is 35.9 Å². The van der Waals surface area contributed by atoms with Crippen molar-refractivity contribution in [2.45, 2.75) is 67.8 Å². The molecule has 25 heavy (non-hydrogen) atoms. The van der Waals surface area contributed by atoms with Crippen molar-refractivity contribution in [3.8, 4) is 0 Å². The molecular formula is C21H30B3N. The SMILES string of the molecule is BC12BC1(B)c1cc(C3CCC(N)C3)ccc1C=C2/C=C/CCCC. The van der Waals surface area contributed by atoms with Crippen LogP contribution in [0.2, 0.25) is 5.21 Å². The first-order chi connectivity index (χ1) is 12.0. The van der Waals surface area contributed by atoms with Gasteiger partial charge >= 0.3 is 0 Å². The van der Waals surface area contributed by atoms with E-state index in [9.17, 15) is 0 Å². The first kappa shape index (κ1) is 17.3. The molecule has 0 bridgehead atoms. The van der Waals surface area contributed by atoms with Gasteiger partial charge in [0.15, 0.2) is 0 Å². The average Bonchev–Trinajstić information content (AvgIpc) is 2.95. The summed E-state index contributed by atoms with van der Waals surface area (Å²) in [4.78, 5) is 0. The first-order valence-corrected chi connectivity index (χ1v) is 10.3. The molecule has 128 valence electrons. The maximum absolute atomic E-state index is 6.15. The van der Waals surface area contributed by atoms with Crippen molar-refractivity contribution >= 4 is 29.0 Å². The molecular weight excluding hydrogens is 299 g/mol. The fourth-order valence-electron chi connectivity index (χ4n) is 5.32. The van der Waals surface area contributed by atoms with Gasteiger partial charge in [-0.2, -0.15) is 0 Å². The summed E-state index contributed by atoms with van der Waals surface area (Å²) >= 11 is 0. The lowest BCUT2D eigenvalue weighted by molar-refractivity contribution is 0.673. The molecule has 4 rings (SSSR count). The number of allylic oxidation sites excluding steroid dienone is 3. The predicted octanol–water partition coefficient (Wildman–Crippen LogP) is 2.41. The molecule has 4 unspecified atom stereocenters. The molecule has 0 aromatic heterocycles. The van der Waals surface area contributed by atoms with Crippen molar-refractivity contribution in [2.75, 3.05) is 0 Å². The van der Waals surface area contributed by atoms with Crippen molar-refractivity contribution < 1.29 is 0 Å². The van der Waals surface area contributed by atoms with Gasteiger partial charge in [-0.25, -0.2) is 0 Å². The fraction of sp³-hybridized carbons (Fsp3) is 0.524. The molecule has 4 atom stereocenters. The van der Waals surface area contributed by atoms with Crippen LogP contribution in [0.1, 0.15) is 68.1 Å². The van der Waals surface area contributed by atoms with E-state index in [1.165, 1.54) is 56.1 Å². The van der Waals surface area contributed by atoms with Gasteiger partial charge < -0.3 is 5.73 Å². The first-order valence-electron chi connectivity index (χ1n) is 10.3. The molecule has 2 N–H and O–H groups in total. The van der Waals surface area contributed by atoms with E-state index < -0.39 is 0 Å². The van der Waals surface area contributed by atoms with Gasteiger partial charge in [0.1, 0.15) is 23.0 Å². The highest BCUT2D eigenvalue weighted by Gasteiger charge is 2.65. The minimum absolute atomic E-state index is 0.318. The Labute approximate surface area is 155 Å². The number of fused-ring (bicyclic) bond motifs is 3. The lowest BCUT2D eigenvalue weighted by Crippen LogP contribution is -2.21. The van der Waals surface area contributed by atoms with E-state index in [0.29, 0.717) is 22.4 Å². The Kier molecular flexibility index (Phi) is 4.31. The Morgan fingerprint density at radius 2 is 2.12 bits per heavy atom. The van der Waals surface area contributed by atoms with Gasteiger partial charge in [0.25, 0.3) is 0 Å². The molecule has 3 aliphatic rings. The molecule has 0 radical (unpaired) electrons. The van der Waals surface area contributed by atoms with Crippen LogP contribution in [0.4, 0.5) is 0 Å². The van der Waals surface area contributed by atoms with Crippen LogP contribution in [0.5, 0.6) is 0 Å². The Balaban J connectivity index is 1.65. The van der Waals surface area contributed by atoms with Crippen molar-refractivity contribution in [3.05, 3.63) is 52.6 Å². The van der Waals surface area contributed by atoms with E-state index in [4.69, 9.17) is 5.73 Å². The second-order valence-electron chi connectivity index (χ2n) is 9.10. The Morgan fingerprint density at radius 1 is 1.28 bits per heavy atom. The second-order valence-corrected chi connectivity index (χ2v) is 9.10. The molecule has 1 aromatic carbocycles. The fourth-order valence-corrected chi connectivity index (χ4v) is 5.32. The third kappa shape index (κ3) is 2.77. The molecule has 1 aliphatic heterocycles. The van der Waals surface area contributed by atoms with E-state index in [2.05, 4.69) is 59.0 Å². The maximum Gasteiger partial charge on any atom is 0.125 e. The van der Waals surface area contributed by atoms with E-state index >= 15 is 0 Å². The van der Waals surface area contributed by atoms with E-state index in [-0.39, 0.29) is 0 Å². The highest BCUT2D eigenvalue weighted by molar-refractivity contribution is 6.82. The van der Waals surface area contributed by atoms with Crippen LogP contribution in [-0.4, -0.2) is 29.0 Å². The third-order valence-electron chi connectivity index (χ3n) is 7.39. The minimum atomic E-state index is 0.318. The topological polar surface area (TPSA) is 26.0 Å². The summed E-state index contributed by atoms with van der Waals surface area (Å²) in [5.74, 6) is 0.674. The van der Waals surface area contributed by atoms with Gasteiger partial charge in [-0.3, -0.25) is 0 Å². The van der Waals surface area contributed by atoms with Crippen LogP contribution in [-0.2, 0) is 5.21 Å². The number of benzene rings is 1. The van der Waals surface area contributed by atoms with Crippen LogP contribution < -0.4 is 5.73 Å². The number of unbranched alkanes of at least 4 members (excludes halogenated alkanes) is 2. The van der Waals surface area contributed by atoms with Gasteiger partial charge in [0.05, 0.1) is 0 Å². The minimum Gasteiger partial charge on any atom is -0.328 e. The van der Waals surface area contributed by atoms with E-state index in [1.54, 1.807) is 5.56 Å². The van der Waals surface area contributed by atoms with Crippen LogP contribution in [0.3, 0.4) is 0 Å². The van der Waals surface area contributed by atoms with Crippen LogP contribution in [0, 0.1) is 0 Å². The summed E-state index contributed by atoms with van der Waals surface area (Å²) in [5, 5.41) is 0.645. The summed E-state index contributed by atoms with van der Waals surface area (Å²) in [6.45, 7) is 2.26. The van der Waals surface area contributed by atoms with Crippen LogP contribution >= 0.6 is 0 Å². The summed E-state index contributed by atoms with van der Waals surface area (Å²) in [5.41, 5.74) is 12.2. The standard InChI is InChI=1S/C21H30B3N/c1-2-3-4-5-6-17-11-16-8-7-15(14-9-10-18(25)12-14)13-19(16)21(23)20(17,22)24-21/h5-8,11,13-14,18,24H,2-4,9-10,12,22-23,25H2,1H3/b6-5+. The maximum atomic E-state index is 6.15. The zero-order chi connectivity index (χ0) is 17.7. The molecule has 0 amide bonds. The lowest BCUT2D eigenvalue weighted by atomic mass is 9.57. The smallest absolute Gasteiger partial charge is 0.125 e. The number of rotatable bonds is 5. The van der Waals surface area contributed by atoms with Gasteiger partial charge in [-0.15, -0.1) is 0 Å². The van der Waals surface area contributed by atoms with Gasteiger partial charge in [-0.05, 0) is 42.7 Å². The second kappa shape index (κ2) is 6.23. The van der Waals surface area contributed by atoms with E-state index in [1.807, 2.05) is 0 Å². The molecule has 1 aromatic rings. The van der Waals surface area contributed by atoms with E-state index in [0.717, 1.165) is 6.42 Å². The van der Waals surface area contributed by atoms with Gasteiger partial charge in [0, 0.05) is 6.04 Å². The molecule has 4 heteroatoms. The molecule has 1 nitrogen and oxygen atoms in total. The molecule has 0 spiro atoms. The van der Waals surface area contributed by atoms with Gasteiger partial charge in [-0.1, -0.05) is 77.8 Å². The Hall–Kier alpha value is -1.15. The number of hydrogen-bond donors (Lipinski definition) is 1. The van der Waals surface area contributed by atoms with Crippen molar-refractivity contribution in [1.29, 1.82) is 0 Å². The normalized spacial score (nSPS) is 35.8. The summed E-state index contributed by atoms with van der Waals surface area (Å²) in [6.07, 6.45) is 14.6. The molecule has 1 saturated heterocycles. The predicted molar refractivity (Wildman–Crippen MR) is 116 cm³/mol. The van der Waals surface area contributed by atoms with Gasteiger partial charge in [0.2, 0.25) is 0 Å². The highest BCUT2D eigenvalue weighted by atomic mass is 14.6. The zero-order valence-corrected chi connectivity index (χ0v) is 16.1. The van der Waals surface area contributed by atoms with Crippen LogP contribution in [0.25, 0.3) is 6.08 Å². The Morgan fingerprint density at radius 3 is 2.84 bits per heavy atom. The molecule has 1 heterocycles. The monoisotopic (exact) mass is 329 g/mol. The third-order valence-corrected chi connectivity index (χ3v) is 7.39. The quantitative estimate of drug-likeness (QED) is 0.652. The Bertz CT molecular complexity index is 741. The number of hydrogen-bond acceptors (Lipinski definition) is 1. The van der Waals surface area contributed by atoms with Crippen molar-refractivity contribution in [1.82, 2.24) is 0 Å². The molecule has 1 saturated carbocycles. The highest BCUT2D eigenvalue weighted by Crippen LogP contribution is 2.66.